The molecule has 1 fully saturated rings. The molecule has 1 aliphatic rings. The second-order valence-electron chi connectivity index (χ2n) is 5.81. The molecule has 0 aromatic heterocycles. The first kappa shape index (κ1) is 18.3. The molecule has 1 N–H and O–H groups in total. The molecule has 1 aliphatic heterocycles. The number of piperidine rings is 1. The Morgan fingerprint density at radius 2 is 2.22 bits per heavy atom. The van der Waals surface area contributed by atoms with Crippen molar-refractivity contribution < 1.29 is 9.59 Å². The van der Waals surface area contributed by atoms with Gasteiger partial charge in [-0.05, 0) is 37.0 Å². The van der Waals surface area contributed by atoms with Gasteiger partial charge in [0.2, 0.25) is 11.8 Å². The monoisotopic (exact) mass is 398 g/mol. The van der Waals surface area contributed by atoms with Gasteiger partial charge in [-0.3, -0.25) is 9.59 Å². The molecule has 1 aromatic carbocycles. The van der Waals surface area contributed by atoms with Crippen LogP contribution in [0.5, 0.6) is 0 Å². The minimum absolute atomic E-state index is 0.0778. The maximum absolute atomic E-state index is 12.2. The van der Waals surface area contributed by atoms with Gasteiger partial charge in [-0.15, -0.1) is 11.8 Å². The van der Waals surface area contributed by atoms with E-state index in [2.05, 4.69) is 28.2 Å². The lowest BCUT2D eigenvalue weighted by Crippen LogP contribution is -2.40. The van der Waals surface area contributed by atoms with Gasteiger partial charge in [0, 0.05) is 23.2 Å². The van der Waals surface area contributed by atoms with E-state index in [1.807, 2.05) is 29.2 Å². The predicted molar refractivity (Wildman–Crippen MR) is 99.7 cm³/mol. The van der Waals surface area contributed by atoms with E-state index >= 15 is 0 Å². The van der Waals surface area contributed by atoms with E-state index in [4.69, 9.17) is 0 Å². The average molecular weight is 399 g/mol. The molecule has 0 spiro atoms. The maximum atomic E-state index is 12.2. The van der Waals surface area contributed by atoms with Crippen LogP contribution in [0.15, 0.2) is 28.7 Å². The lowest BCUT2D eigenvalue weighted by atomic mass is 9.96. The molecule has 6 heteroatoms. The van der Waals surface area contributed by atoms with Crippen LogP contribution in [0.2, 0.25) is 0 Å². The summed E-state index contributed by atoms with van der Waals surface area (Å²) in [6, 6.07) is 7.48. The Kier molecular flexibility index (Phi) is 7.43. The lowest BCUT2D eigenvalue weighted by molar-refractivity contribution is -0.130. The number of nitrogens with one attached hydrogen (secondary N) is 1. The van der Waals surface area contributed by atoms with E-state index in [1.54, 1.807) is 0 Å². The summed E-state index contributed by atoms with van der Waals surface area (Å²) in [5.74, 6) is 1.39. The summed E-state index contributed by atoms with van der Waals surface area (Å²) in [6.45, 7) is 3.92. The fraction of sp³-hybridized carbons (Fsp3) is 0.529. The van der Waals surface area contributed by atoms with Gasteiger partial charge in [0.25, 0.3) is 0 Å². The van der Waals surface area contributed by atoms with E-state index in [0.717, 1.165) is 36.1 Å². The molecule has 2 amide bonds. The first-order valence-electron chi connectivity index (χ1n) is 7.99. The number of likely N-dealkylation sites (tertiary alicyclic amines) is 1. The molecular weight excluding hydrogens is 376 g/mol. The van der Waals surface area contributed by atoms with E-state index in [1.165, 1.54) is 18.2 Å². The molecular formula is C17H23BrN2O2S. The number of nitrogens with zero attached hydrogens (tertiary/aromatic N) is 1. The van der Waals surface area contributed by atoms with Crippen LogP contribution in [0.4, 0.5) is 5.69 Å². The summed E-state index contributed by atoms with van der Waals surface area (Å²) in [4.78, 5) is 26.1. The molecule has 1 saturated heterocycles. The van der Waals surface area contributed by atoms with Gasteiger partial charge < -0.3 is 10.2 Å². The lowest BCUT2D eigenvalue weighted by Gasteiger charge is -2.32. The third-order valence-corrected chi connectivity index (χ3v) is 5.43. The van der Waals surface area contributed by atoms with Crippen LogP contribution in [0, 0.1) is 5.92 Å². The molecule has 1 aromatic rings. The summed E-state index contributed by atoms with van der Waals surface area (Å²) in [7, 11) is 0. The summed E-state index contributed by atoms with van der Waals surface area (Å²) >= 11 is 4.75. The van der Waals surface area contributed by atoms with Crippen molar-refractivity contribution in [3.8, 4) is 0 Å². The number of hydrogen-bond donors (Lipinski definition) is 1. The SMILES string of the molecule is CCC1CCCN(C(=O)CSCC(=O)Nc2cccc(Br)c2)C1. The van der Waals surface area contributed by atoms with Gasteiger partial charge >= 0.3 is 0 Å². The summed E-state index contributed by atoms with van der Waals surface area (Å²) in [5.41, 5.74) is 0.762. The molecule has 1 atom stereocenters. The Morgan fingerprint density at radius 3 is 2.96 bits per heavy atom. The Labute approximate surface area is 150 Å². The average Bonchev–Trinajstić information content (AvgIpc) is 2.54. The highest BCUT2D eigenvalue weighted by atomic mass is 79.9. The number of carbonyl (C=O) groups is 2. The molecule has 23 heavy (non-hydrogen) atoms. The van der Waals surface area contributed by atoms with Gasteiger partial charge in [0.1, 0.15) is 0 Å². The topological polar surface area (TPSA) is 49.4 Å². The van der Waals surface area contributed by atoms with Crippen LogP contribution in [-0.4, -0.2) is 41.3 Å². The van der Waals surface area contributed by atoms with Crippen LogP contribution >= 0.6 is 27.7 Å². The molecule has 1 heterocycles. The highest BCUT2D eigenvalue weighted by Crippen LogP contribution is 2.20. The second kappa shape index (κ2) is 9.33. The zero-order valence-corrected chi connectivity index (χ0v) is 15.8. The van der Waals surface area contributed by atoms with E-state index in [9.17, 15) is 9.59 Å². The fourth-order valence-electron chi connectivity index (χ4n) is 2.71. The third-order valence-electron chi connectivity index (χ3n) is 4.02. The van der Waals surface area contributed by atoms with Gasteiger partial charge in [0.15, 0.2) is 0 Å². The zero-order valence-electron chi connectivity index (χ0n) is 13.4. The van der Waals surface area contributed by atoms with Crippen LogP contribution in [0.3, 0.4) is 0 Å². The van der Waals surface area contributed by atoms with E-state index in [0.29, 0.717) is 17.4 Å². The zero-order chi connectivity index (χ0) is 16.7. The first-order chi connectivity index (χ1) is 11.1. The fourth-order valence-corrected chi connectivity index (χ4v) is 3.83. The van der Waals surface area contributed by atoms with Gasteiger partial charge in [-0.1, -0.05) is 35.3 Å². The number of hydrogen-bond acceptors (Lipinski definition) is 3. The number of amides is 2. The van der Waals surface area contributed by atoms with Crippen molar-refractivity contribution in [1.29, 1.82) is 0 Å². The maximum Gasteiger partial charge on any atom is 0.234 e. The standard InChI is InChI=1S/C17H23BrN2O2S/c1-2-13-5-4-8-20(10-13)17(22)12-23-11-16(21)19-15-7-3-6-14(18)9-15/h3,6-7,9,13H,2,4-5,8,10-12H2,1H3,(H,19,21). The Hall–Kier alpha value is -1.01. The number of anilines is 1. The Bertz CT molecular complexity index is 553. The molecule has 126 valence electrons. The van der Waals surface area contributed by atoms with E-state index < -0.39 is 0 Å². The number of thioether (sulfide) groups is 1. The smallest absolute Gasteiger partial charge is 0.234 e. The quantitative estimate of drug-likeness (QED) is 0.792. The highest BCUT2D eigenvalue weighted by Gasteiger charge is 2.22. The summed E-state index contributed by atoms with van der Waals surface area (Å²) < 4.78 is 0.925. The molecule has 0 saturated carbocycles. The highest BCUT2D eigenvalue weighted by molar-refractivity contribution is 9.10. The Balaban J connectivity index is 1.69. The molecule has 0 aliphatic carbocycles. The second-order valence-corrected chi connectivity index (χ2v) is 7.71. The first-order valence-corrected chi connectivity index (χ1v) is 9.94. The van der Waals surface area contributed by atoms with Crippen LogP contribution in [-0.2, 0) is 9.59 Å². The van der Waals surface area contributed by atoms with Crippen LogP contribution in [0.1, 0.15) is 26.2 Å². The third kappa shape index (κ3) is 6.18. The minimum atomic E-state index is -0.0778. The van der Waals surface area contributed by atoms with Crippen molar-refractivity contribution in [1.82, 2.24) is 4.90 Å². The van der Waals surface area contributed by atoms with Gasteiger partial charge in [-0.25, -0.2) is 0 Å². The predicted octanol–water partition coefficient (Wildman–Crippen LogP) is 3.77. The molecule has 2 rings (SSSR count). The molecule has 4 nitrogen and oxygen atoms in total. The summed E-state index contributed by atoms with van der Waals surface area (Å²) in [6.07, 6.45) is 3.45. The Morgan fingerprint density at radius 1 is 1.39 bits per heavy atom. The largest absolute Gasteiger partial charge is 0.342 e. The molecule has 0 radical (unpaired) electrons. The van der Waals surface area contributed by atoms with Crippen molar-refractivity contribution in [2.75, 3.05) is 29.9 Å². The van der Waals surface area contributed by atoms with Crippen molar-refractivity contribution in [3.63, 3.8) is 0 Å². The van der Waals surface area contributed by atoms with Crippen molar-refractivity contribution in [2.24, 2.45) is 5.92 Å². The van der Waals surface area contributed by atoms with Crippen molar-refractivity contribution in [3.05, 3.63) is 28.7 Å². The number of rotatable bonds is 6. The molecule has 1 unspecified atom stereocenters. The van der Waals surface area contributed by atoms with Crippen LogP contribution < -0.4 is 5.32 Å². The normalized spacial score (nSPS) is 17.8. The van der Waals surface area contributed by atoms with Crippen molar-refractivity contribution in [2.45, 2.75) is 26.2 Å². The minimum Gasteiger partial charge on any atom is -0.342 e. The van der Waals surface area contributed by atoms with Gasteiger partial charge in [0.05, 0.1) is 11.5 Å². The summed E-state index contributed by atoms with van der Waals surface area (Å²) in [5, 5.41) is 2.84. The number of carbonyl (C=O) groups excluding carboxylic acids is 2. The number of halogens is 1. The van der Waals surface area contributed by atoms with Crippen LogP contribution in [0.25, 0.3) is 0 Å². The van der Waals surface area contributed by atoms with Gasteiger partial charge in [-0.2, -0.15) is 0 Å². The van der Waals surface area contributed by atoms with E-state index in [-0.39, 0.29) is 11.8 Å². The van der Waals surface area contributed by atoms with Crippen molar-refractivity contribution >= 4 is 45.2 Å². The number of benzene rings is 1. The molecule has 0 bridgehead atoms.